The fourth-order valence-electron chi connectivity index (χ4n) is 3.01. The Hall–Kier alpha value is -2.20. The fourth-order valence-corrected chi connectivity index (χ4v) is 3.01. The lowest BCUT2D eigenvalue weighted by atomic mass is 9.99. The van der Waals surface area contributed by atoms with Crippen molar-refractivity contribution in [2.24, 2.45) is 5.92 Å². The van der Waals surface area contributed by atoms with Gasteiger partial charge in [0.15, 0.2) is 0 Å². The van der Waals surface area contributed by atoms with E-state index in [4.69, 9.17) is 0 Å². The highest BCUT2D eigenvalue weighted by Crippen LogP contribution is 2.18. The van der Waals surface area contributed by atoms with Crippen LogP contribution >= 0.6 is 0 Å². The van der Waals surface area contributed by atoms with Crippen LogP contribution in [0.3, 0.4) is 0 Å². The summed E-state index contributed by atoms with van der Waals surface area (Å²) in [4.78, 5) is 18.6. The first-order valence-electron chi connectivity index (χ1n) is 8.70. The molecular weight excluding hydrogens is 298 g/mol. The number of hydrogen-bond acceptors (Lipinski definition) is 3. The van der Waals surface area contributed by atoms with Crippen LogP contribution < -0.4 is 5.32 Å². The Bertz CT molecular complexity index is 646. The minimum absolute atomic E-state index is 0.137. The van der Waals surface area contributed by atoms with Crippen LogP contribution in [0, 0.1) is 5.92 Å². The Kier molecular flexibility index (Phi) is 5.59. The topological polar surface area (TPSA) is 45.2 Å². The molecule has 2 aromatic rings. The maximum Gasteiger partial charge on any atom is 0.270 e. The van der Waals surface area contributed by atoms with Gasteiger partial charge in [0.1, 0.15) is 5.69 Å². The number of aromatic nitrogens is 1. The van der Waals surface area contributed by atoms with Crippen LogP contribution in [0.2, 0.25) is 0 Å². The van der Waals surface area contributed by atoms with E-state index in [1.54, 1.807) is 18.3 Å². The lowest BCUT2D eigenvalue weighted by Crippen LogP contribution is -2.32. The Balaban J connectivity index is 1.48. The number of nitrogens with zero attached hydrogens (tertiary/aromatic N) is 2. The van der Waals surface area contributed by atoms with Gasteiger partial charge in [0.05, 0.1) is 0 Å². The lowest BCUT2D eigenvalue weighted by molar-refractivity contribution is 0.0946. The SMILES string of the molecule is CC1CCN(Cc2ccc(CNC(=O)c3ccccn3)cc2)CC1. The number of hydrogen-bond donors (Lipinski definition) is 1. The predicted octanol–water partition coefficient (Wildman–Crippen LogP) is 3.24. The van der Waals surface area contributed by atoms with Gasteiger partial charge < -0.3 is 5.32 Å². The van der Waals surface area contributed by atoms with E-state index in [2.05, 4.69) is 46.4 Å². The van der Waals surface area contributed by atoms with Crippen LogP contribution in [0.5, 0.6) is 0 Å². The summed E-state index contributed by atoms with van der Waals surface area (Å²) in [5, 5.41) is 2.91. The smallest absolute Gasteiger partial charge is 0.270 e. The van der Waals surface area contributed by atoms with Crippen LogP contribution in [-0.2, 0) is 13.1 Å². The van der Waals surface area contributed by atoms with Gasteiger partial charge in [0, 0.05) is 19.3 Å². The van der Waals surface area contributed by atoms with Gasteiger partial charge in [0.2, 0.25) is 0 Å². The van der Waals surface area contributed by atoms with Crippen molar-refractivity contribution in [2.75, 3.05) is 13.1 Å². The lowest BCUT2D eigenvalue weighted by Gasteiger charge is -2.30. The molecule has 3 rings (SSSR count). The van der Waals surface area contributed by atoms with Crippen molar-refractivity contribution in [1.29, 1.82) is 0 Å². The molecule has 0 spiro atoms. The summed E-state index contributed by atoms with van der Waals surface area (Å²) in [7, 11) is 0. The van der Waals surface area contributed by atoms with Gasteiger partial charge in [-0.2, -0.15) is 0 Å². The van der Waals surface area contributed by atoms with Crippen LogP contribution in [0.4, 0.5) is 0 Å². The van der Waals surface area contributed by atoms with Gasteiger partial charge in [-0.05, 0) is 55.1 Å². The van der Waals surface area contributed by atoms with Gasteiger partial charge in [0.25, 0.3) is 5.91 Å². The van der Waals surface area contributed by atoms with E-state index in [1.807, 2.05) is 6.07 Å². The highest BCUT2D eigenvalue weighted by Gasteiger charge is 2.15. The zero-order chi connectivity index (χ0) is 16.8. The zero-order valence-corrected chi connectivity index (χ0v) is 14.2. The number of rotatable bonds is 5. The van der Waals surface area contributed by atoms with Crippen molar-refractivity contribution < 1.29 is 4.79 Å². The van der Waals surface area contributed by atoms with E-state index in [0.29, 0.717) is 12.2 Å². The third kappa shape index (κ3) is 4.65. The largest absolute Gasteiger partial charge is 0.347 e. The molecule has 0 radical (unpaired) electrons. The predicted molar refractivity (Wildman–Crippen MR) is 95.5 cm³/mol. The monoisotopic (exact) mass is 323 g/mol. The second kappa shape index (κ2) is 8.06. The Morgan fingerprint density at radius 3 is 2.50 bits per heavy atom. The summed E-state index contributed by atoms with van der Waals surface area (Å²) in [6.07, 6.45) is 4.24. The van der Waals surface area contributed by atoms with E-state index in [-0.39, 0.29) is 5.91 Å². The maximum atomic E-state index is 12.0. The molecule has 0 unspecified atom stereocenters. The van der Waals surface area contributed by atoms with Crippen molar-refractivity contribution in [2.45, 2.75) is 32.9 Å². The molecule has 1 aliphatic heterocycles. The molecule has 0 aliphatic carbocycles. The quantitative estimate of drug-likeness (QED) is 0.919. The van der Waals surface area contributed by atoms with Gasteiger partial charge >= 0.3 is 0 Å². The number of amides is 1. The molecule has 1 N–H and O–H groups in total. The number of pyridine rings is 1. The normalized spacial score (nSPS) is 16.0. The van der Waals surface area contributed by atoms with E-state index in [1.165, 1.54) is 31.5 Å². The average Bonchev–Trinajstić information content (AvgIpc) is 2.63. The molecule has 1 aromatic heterocycles. The summed E-state index contributed by atoms with van der Waals surface area (Å²) < 4.78 is 0. The molecule has 1 aromatic carbocycles. The van der Waals surface area contributed by atoms with Crippen LogP contribution in [0.25, 0.3) is 0 Å². The molecule has 0 saturated carbocycles. The van der Waals surface area contributed by atoms with Crippen molar-refractivity contribution in [3.8, 4) is 0 Å². The molecule has 1 aliphatic rings. The number of carbonyl (C=O) groups excluding carboxylic acids is 1. The van der Waals surface area contributed by atoms with Crippen molar-refractivity contribution in [3.63, 3.8) is 0 Å². The first kappa shape index (κ1) is 16.7. The molecule has 24 heavy (non-hydrogen) atoms. The number of nitrogens with one attached hydrogen (secondary N) is 1. The molecule has 4 heteroatoms. The average molecular weight is 323 g/mol. The van der Waals surface area contributed by atoms with Gasteiger partial charge in [-0.3, -0.25) is 14.7 Å². The van der Waals surface area contributed by atoms with Crippen molar-refractivity contribution >= 4 is 5.91 Å². The molecule has 1 amide bonds. The molecule has 126 valence electrons. The van der Waals surface area contributed by atoms with E-state index < -0.39 is 0 Å². The molecule has 1 fully saturated rings. The fraction of sp³-hybridized carbons (Fsp3) is 0.400. The molecule has 0 atom stereocenters. The Morgan fingerprint density at radius 1 is 1.12 bits per heavy atom. The molecule has 4 nitrogen and oxygen atoms in total. The van der Waals surface area contributed by atoms with Gasteiger partial charge in [-0.1, -0.05) is 37.3 Å². The standard InChI is InChI=1S/C20H25N3O/c1-16-9-12-23(13-10-16)15-18-7-5-17(6-8-18)14-22-20(24)19-4-2-3-11-21-19/h2-8,11,16H,9-10,12-15H2,1H3,(H,22,24). The second-order valence-electron chi connectivity index (χ2n) is 6.67. The van der Waals surface area contributed by atoms with Crippen molar-refractivity contribution in [1.82, 2.24) is 15.2 Å². The Labute approximate surface area is 143 Å². The molecular formula is C20H25N3O. The number of carbonyl (C=O) groups is 1. The molecule has 0 bridgehead atoms. The number of piperidine rings is 1. The van der Waals surface area contributed by atoms with Gasteiger partial charge in [-0.15, -0.1) is 0 Å². The molecule has 1 saturated heterocycles. The van der Waals surface area contributed by atoms with E-state index in [0.717, 1.165) is 18.0 Å². The summed E-state index contributed by atoms with van der Waals surface area (Å²) in [6.45, 7) is 6.28. The third-order valence-corrected chi connectivity index (χ3v) is 4.66. The van der Waals surface area contributed by atoms with Gasteiger partial charge in [-0.25, -0.2) is 0 Å². The zero-order valence-electron chi connectivity index (χ0n) is 14.2. The first-order chi connectivity index (χ1) is 11.7. The van der Waals surface area contributed by atoms with Crippen molar-refractivity contribution in [3.05, 3.63) is 65.5 Å². The number of likely N-dealkylation sites (tertiary alicyclic amines) is 1. The maximum absolute atomic E-state index is 12.0. The van der Waals surface area contributed by atoms with E-state index >= 15 is 0 Å². The highest BCUT2D eigenvalue weighted by molar-refractivity contribution is 5.92. The van der Waals surface area contributed by atoms with Crippen LogP contribution in [0.1, 0.15) is 41.4 Å². The molecule has 2 heterocycles. The summed E-state index contributed by atoms with van der Waals surface area (Å²) in [6, 6.07) is 13.9. The minimum Gasteiger partial charge on any atom is -0.347 e. The third-order valence-electron chi connectivity index (χ3n) is 4.66. The summed E-state index contributed by atoms with van der Waals surface area (Å²) in [5.74, 6) is 0.730. The van der Waals surface area contributed by atoms with Crippen LogP contribution in [0.15, 0.2) is 48.7 Å². The summed E-state index contributed by atoms with van der Waals surface area (Å²) in [5.41, 5.74) is 2.90. The highest BCUT2D eigenvalue weighted by atomic mass is 16.1. The van der Waals surface area contributed by atoms with E-state index in [9.17, 15) is 4.79 Å². The number of benzene rings is 1. The Morgan fingerprint density at radius 2 is 1.83 bits per heavy atom. The summed E-state index contributed by atoms with van der Waals surface area (Å²) >= 11 is 0. The first-order valence-corrected chi connectivity index (χ1v) is 8.70. The second-order valence-corrected chi connectivity index (χ2v) is 6.67. The van der Waals surface area contributed by atoms with Crippen LogP contribution in [-0.4, -0.2) is 28.9 Å². The minimum atomic E-state index is -0.137.